The predicted octanol–water partition coefficient (Wildman–Crippen LogP) is 19.2. The van der Waals surface area contributed by atoms with E-state index in [1.165, 1.54) is 94.6 Å². The molecule has 3 aliphatic carbocycles. The fourth-order valence-electron chi connectivity index (χ4n) is 12.8. The van der Waals surface area contributed by atoms with Crippen LogP contribution in [0, 0.1) is 0 Å². The van der Waals surface area contributed by atoms with E-state index >= 15 is 0 Å². The van der Waals surface area contributed by atoms with Crippen molar-refractivity contribution >= 4 is 5.57 Å². The monoisotopic (exact) mass is 1050 g/mol. The molecule has 3 aliphatic rings. The van der Waals surface area contributed by atoms with Gasteiger partial charge in [-0.2, -0.15) is 0 Å². The highest BCUT2D eigenvalue weighted by molar-refractivity contribution is 5.99. The summed E-state index contributed by atoms with van der Waals surface area (Å²) in [5.41, 5.74) is 27.2. The molecule has 0 N–H and O–H groups in total. The van der Waals surface area contributed by atoms with Crippen molar-refractivity contribution in [3.63, 3.8) is 0 Å². The van der Waals surface area contributed by atoms with Crippen LogP contribution in [-0.4, -0.2) is 28.4 Å². The zero-order valence-electron chi connectivity index (χ0n) is 45.7. The molecule has 390 valence electrons. The molecule has 0 heterocycles. The highest BCUT2D eigenvalue weighted by atomic mass is 16.5. The Bertz CT molecular complexity index is 3940. The first-order valence-electron chi connectivity index (χ1n) is 27.8. The van der Waals surface area contributed by atoms with Gasteiger partial charge in [-0.25, -0.2) is 0 Å². The van der Waals surface area contributed by atoms with Gasteiger partial charge in [-0.05, 0) is 207 Å². The van der Waals surface area contributed by atoms with E-state index in [1.54, 1.807) is 28.4 Å². The second-order valence-corrected chi connectivity index (χ2v) is 21.3. The van der Waals surface area contributed by atoms with Crippen molar-refractivity contribution in [2.75, 3.05) is 28.4 Å². The minimum absolute atomic E-state index is 0.286. The fraction of sp³-hybridized carbons (Fsp3) is 0.0909. The summed E-state index contributed by atoms with van der Waals surface area (Å²) in [5.74, 6) is 3.70. The number of ether oxygens (including phenoxy) is 4. The highest BCUT2D eigenvalue weighted by Gasteiger charge is 2.52. The SMILES string of the molecule is COc1ccc(-c2ccc(-c3ccc4c(c3)C3(c5cc(C6=CCC(c7ccc(OC)cc7)C=C6)ccc5-4)c4cc(-c5ccc(-c6ccc(OC)cc6)cc5)ccc4-c4ccc(-c5ccc(-c6ccc(OC)cc6)cc5)cc43)cc2)cc1. The van der Waals surface area contributed by atoms with Gasteiger partial charge >= 0.3 is 0 Å². The van der Waals surface area contributed by atoms with Crippen LogP contribution in [0.5, 0.6) is 23.0 Å². The average molecular weight is 1050 g/mol. The van der Waals surface area contributed by atoms with E-state index in [9.17, 15) is 0 Å². The molecular formula is C77H58O4. The number of benzene rings is 11. The Kier molecular flexibility index (Phi) is 12.4. The molecule has 14 rings (SSSR count). The lowest BCUT2D eigenvalue weighted by atomic mass is 9.69. The van der Waals surface area contributed by atoms with Gasteiger partial charge in [-0.15, -0.1) is 0 Å². The lowest BCUT2D eigenvalue weighted by Gasteiger charge is -2.32. The van der Waals surface area contributed by atoms with Crippen LogP contribution in [0.3, 0.4) is 0 Å². The summed E-state index contributed by atoms with van der Waals surface area (Å²) in [6.45, 7) is 0. The molecule has 11 aromatic rings. The van der Waals surface area contributed by atoms with Gasteiger partial charge in [0.05, 0.1) is 33.9 Å². The summed E-state index contributed by atoms with van der Waals surface area (Å²) in [6.07, 6.45) is 8.05. The fourth-order valence-corrected chi connectivity index (χ4v) is 12.8. The summed E-state index contributed by atoms with van der Waals surface area (Å²) in [6, 6.07) is 89.3. The zero-order chi connectivity index (χ0) is 54.6. The van der Waals surface area contributed by atoms with E-state index in [2.05, 4.69) is 224 Å². The Labute approximate surface area is 474 Å². The van der Waals surface area contributed by atoms with Crippen molar-refractivity contribution in [3.05, 3.63) is 294 Å². The maximum absolute atomic E-state index is 5.50. The molecule has 1 unspecified atom stereocenters. The summed E-state index contributed by atoms with van der Waals surface area (Å²) < 4.78 is 21.9. The van der Waals surface area contributed by atoms with Crippen molar-refractivity contribution in [2.24, 2.45) is 0 Å². The lowest BCUT2D eigenvalue weighted by molar-refractivity contribution is 0.414. The molecule has 81 heavy (non-hydrogen) atoms. The van der Waals surface area contributed by atoms with Gasteiger partial charge in [0.2, 0.25) is 0 Å². The van der Waals surface area contributed by atoms with Crippen LogP contribution in [-0.2, 0) is 5.41 Å². The highest BCUT2D eigenvalue weighted by Crippen LogP contribution is 2.64. The van der Waals surface area contributed by atoms with E-state index in [1.807, 2.05) is 36.4 Å². The summed E-state index contributed by atoms with van der Waals surface area (Å²) in [4.78, 5) is 0. The van der Waals surface area contributed by atoms with Crippen molar-refractivity contribution < 1.29 is 18.9 Å². The molecule has 0 amide bonds. The lowest BCUT2D eigenvalue weighted by Crippen LogP contribution is -2.26. The summed E-state index contributed by atoms with van der Waals surface area (Å²) in [5, 5.41) is 0. The minimum atomic E-state index is -0.674. The number of allylic oxidation sites excluding steroid dienone is 4. The van der Waals surface area contributed by atoms with Crippen LogP contribution in [0.4, 0.5) is 0 Å². The third-order valence-electron chi connectivity index (χ3n) is 17.2. The van der Waals surface area contributed by atoms with Crippen LogP contribution in [0.15, 0.2) is 261 Å². The van der Waals surface area contributed by atoms with Crippen molar-refractivity contribution in [2.45, 2.75) is 17.8 Å². The molecule has 0 saturated carbocycles. The molecule has 4 heteroatoms. The van der Waals surface area contributed by atoms with Gasteiger partial charge in [0.25, 0.3) is 0 Å². The van der Waals surface area contributed by atoms with E-state index in [-0.39, 0.29) is 5.92 Å². The quantitative estimate of drug-likeness (QED) is 0.122. The smallest absolute Gasteiger partial charge is 0.118 e. The normalized spacial score (nSPS) is 14.1. The molecule has 4 nitrogen and oxygen atoms in total. The van der Waals surface area contributed by atoms with E-state index in [0.717, 1.165) is 62.8 Å². The molecular weight excluding hydrogens is 989 g/mol. The van der Waals surface area contributed by atoms with Crippen molar-refractivity contribution in [1.29, 1.82) is 0 Å². The third kappa shape index (κ3) is 8.63. The Morgan fingerprint density at radius 3 is 0.815 bits per heavy atom. The topological polar surface area (TPSA) is 36.9 Å². The predicted molar refractivity (Wildman–Crippen MR) is 332 cm³/mol. The molecule has 1 atom stereocenters. The van der Waals surface area contributed by atoms with Crippen LogP contribution in [0.2, 0.25) is 0 Å². The largest absolute Gasteiger partial charge is 0.497 e. The van der Waals surface area contributed by atoms with Crippen LogP contribution < -0.4 is 18.9 Å². The summed E-state index contributed by atoms with van der Waals surface area (Å²) in [7, 11) is 6.84. The second kappa shape index (κ2) is 20.4. The van der Waals surface area contributed by atoms with Gasteiger partial charge in [0.15, 0.2) is 0 Å². The molecule has 0 aromatic heterocycles. The van der Waals surface area contributed by atoms with Crippen molar-refractivity contribution in [1.82, 2.24) is 0 Å². The Morgan fingerprint density at radius 1 is 0.284 bits per heavy atom. The maximum atomic E-state index is 5.50. The van der Waals surface area contributed by atoms with Gasteiger partial charge in [-0.1, -0.05) is 188 Å². The number of hydrogen-bond donors (Lipinski definition) is 0. The molecule has 1 spiro atoms. The Balaban J connectivity index is 0.945. The van der Waals surface area contributed by atoms with Crippen molar-refractivity contribution in [3.8, 4) is 112 Å². The number of hydrogen-bond acceptors (Lipinski definition) is 4. The van der Waals surface area contributed by atoms with Gasteiger partial charge < -0.3 is 18.9 Å². The molecule has 0 bridgehead atoms. The Hall–Kier alpha value is -9.90. The molecule has 0 fully saturated rings. The minimum Gasteiger partial charge on any atom is -0.497 e. The average Bonchev–Trinajstić information content (AvgIpc) is 4.12. The summed E-state index contributed by atoms with van der Waals surface area (Å²) >= 11 is 0. The zero-order valence-corrected chi connectivity index (χ0v) is 45.7. The van der Waals surface area contributed by atoms with Crippen LogP contribution >= 0.6 is 0 Å². The maximum Gasteiger partial charge on any atom is 0.118 e. The first kappa shape index (κ1) is 49.4. The third-order valence-corrected chi connectivity index (χ3v) is 17.2. The molecule has 0 radical (unpaired) electrons. The second-order valence-electron chi connectivity index (χ2n) is 21.3. The van der Waals surface area contributed by atoms with Crippen LogP contribution in [0.25, 0.3) is 94.6 Å². The van der Waals surface area contributed by atoms with E-state index in [4.69, 9.17) is 18.9 Å². The van der Waals surface area contributed by atoms with Gasteiger partial charge in [0, 0.05) is 5.92 Å². The molecule has 0 aliphatic heterocycles. The standard InChI is InChI=1S/C77H58O4/c1-78-65-33-21-53(22-34-65)49-5-13-57(14-6-49)61-29-41-69-70-42-30-62(58-15-7-50(8-16-58)54-23-35-66(79-2)36-24-54)46-74(70)77(73(69)45-61)75-47-63(59-17-9-51(10-18-59)55-25-37-67(80-3)38-26-55)31-43-71(75)72-44-32-64(48-76(72)77)60-19-11-52(12-20-60)56-27-39-68(81-4)40-28-56/h5-11,13-48,52H,12H2,1-4H3. The number of fused-ring (bicyclic) bond motifs is 10. The van der Waals surface area contributed by atoms with E-state index in [0.29, 0.717) is 0 Å². The first-order valence-corrected chi connectivity index (χ1v) is 27.8. The first-order chi connectivity index (χ1) is 39.9. The molecule has 11 aromatic carbocycles. The molecule has 0 saturated heterocycles. The van der Waals surface area contributed by atoms with Crippen LogP contribution in [0.1, 0.15) is 45.7 Å². The Morgan fingerprint density at radius 2 is 0.531 bits per heavy atom. The van der Waals surface area contributed by atoms with Gasteiger partial charge in [0.1, 0.15) is 23.0 Å². The van der Waals surface area contributed by atoms with Gasteiger partial charge in [-0.3, -0.25) is 0 Å². The van der Waals surface area contributed by atoms with E-state index < -0.39 is 5.41 Å². The number of methoxy groups -OCH3 is 4. The number of rotatable bonds is 12.